The fourth-order valence-corrected chi connectivity index (χ4v) is 1.60. The Hall–Kier alpha value is -2.17. The van der Waals surface area contributed by atoms with Crippen molar-refractivity contribution in [3.8, 4) is 5.75 Å². The van der Waals surface area contributed by atoms with Gasteiger partial charge in [-0.2, -0.15) is 0 Å². The van der Waals surface area contributed by atoms with Crippen molar-refractivity contribution >= 4 is 5.78 Å². The van der Waals surface area contributed by atoms with Crippen LogP contribution < -0.4 is 4.74 Å². The van der Waals surface area contributed by atoms with Crippen LogP contribution >= 0.6 is 0 Å². The molecule has 0 saturated heterocycles. The lowest BCUT2D eigenvalue weighted by atomic mass is 10.1. The summed E-state index contributed by atoms with van der Waals surface area (Å²) in [7, 11) is 1.78. The molecule has 0 atom stereocenters. The van der Waals surface area contributed by atoms with Gasteiger partial charge in [0.15, 0.2) is 0 Å². The Balaban J connectivity index is 2.29. The number of imidazole rings is 1. The summed E-state index contributed by atoms with van der Waals surface area (Å²) >= 11 is 0. The van der Waals surface area contributed by atoms with E-state index < -0.39 is 0 Å². The number of pyridine rings is 1. The standard InChI is InChI=1S/C13H15N3O2/c1-9(2)18-11-4-10(5-14-6-11)13(17)12-7-15-8-16(12)3/h4-9H,1-3H3. The van der Waals surface area contributed by atoms with Crippen molar-refractivity contribution in [3.63, 3.8) is 0 Å². The summed E-state index contributed by atoms with van der Waals surface area (Å²) in [6.45, 7) is 3.85. The van der Waals surface area contributed by atoms with E-state index in [4.69, 9.17) is 4.74 Å². The minimum Gasteiger partial charge on any atom is -0.489 e. The van der Waals surface area contributed by atoms with Crippen LogP contribution in [0.2, 0.25) is 0 Å². The Bertz CT molecular complexity index is 561. The molecule has 0 spiro atoms. The van der Waals surface area contributed by atoms with Crippen LogP contribution in [0.15, 0.2) is 31.0 Å². The van der Waals surface area contributed by atoms with Crippen LogP contribution in [0.3, 0.4) is 0 Å². The first-order valence-electron chi connectivity index (χ1n) is 5.70. The van der Waals surface area contributed by atoms with E-state index in [0.29, 0.717) is 17.0 Å². The van der Waals surface area contributed by atoms with Gasteiger partial charge in [-0.15, -0.1) is 0 Å². The molecule has 0 fully saturated rings. The van der Waals surface area contributed by atoms with E-state index in [-0.39, 0.29) is 11.9 Å². The van der Waals surface area contributed by atoms with Crippen LogP contribution in [0.1, 0.15) is 29.9 Å². The van der Waals surface area contributed by atoms with Crippen molar-refractivity contribution in [2.75, 3.05) is 0 Å². The second kappa shape index (κ2) is 5.00. The van der Waals surface area contributed by atoms with Crippen molar-refractivity contribution in [3.05, 3.63) is 42.2 Å². The number of carbonyl (C=O) groups is 1. The van der Waals surface area contributed by atoms with Crippen LogP contribution in [0.25, 0.3) is 0 Å². The highest BCUT2D eigenvalue weighted by atomic mass is 16.5. The highest BCUT2D eigenvalue weighted by Gasteiger charge is 2.14. The maximum atomic E-state index is 12.2. The third-order valence-electron chi connectivity index (χ3n) is 2.40. The molecule has 0 radical (unpaired) electrons. The van der Waals surface area contributed by atoms with E-state index in [0.717, 1.165) is 0 Å². The monoisotopic (exact) mass is 245 g/mol. The van der Waals surface area contributed by atoms with Gasteiger partial charge in [0.05, 0.1) is 24.8 Å². The van der Waals surface area contributed by atoms with Gasteiger partial charge in [0, 0.05) is 18.8 Å². The molecule has 0 aliphatic heterocycles. The van der Waals surface area contributed by atoms with Gasteiger partial charge in [0.25, 0.3) is 0 Å². The van der Waals surface area contributed by atoms with Crippen molar-refractivity contribution in [1.82, 2.24) is 14.5 Å². The number of ether oxygens (including phenoxy) is 1. The summed E-state index contributed by atoms with van der Waals surface area (Å²) in [5.74, 6) is 0.481. The first kappa shape index (κ1) is 12.3. The number of aryl methyl sites for hydroxylation is 1. The van der Waals surface area contributed by atoms with E-state index in [2.05, 4.69) is 9.97 Å². The topological polar surface area (TPSA) is 57.0 Å². The molecule has 0 bridgehead atoms. The molecule has 5 heteroatoms. The summed E-state index contributed by atoms with van der Waals surface area (Å²) in [5, 5.41) is 0. The van der Waals surface area contributed by atoms with E-state index in [1.807, 2.05) is 13.8 Å². The van der Waals surface area contributed by atoms with Crippen molar-refractivity contribution in [2.45, 2.75) is 20.0 Å². The second-order valence-corrected chi connectivity index (χ2v) is 4.29. The molecule has 0 aromatic carbocycles. The Morgan fingerprint density at radius 1 is 1.28 bits per heavy atom. The first-order valence-corrected chi connectivity index (χ1v) is 5.70. The van der Waals surface area contributed by atoms with E-state index in [1.54, 1.807) is 30.2 Å². The molecule has 94 valence electrons. The third kappa shape index (κ3) is 2.56. The Morgan fingerprint density at radius 2 is 2.06 bits per heavy atom. The van der Waals surface area contributed by atoms with Gasteiger partial charge in [-0.1, -0.05) is 0 Å². The maximum absolute atomic E-state index is 12.2. The highest BCUT2D eigenvalue weighted by molar-refractivity contribution is 6.07. The normalized spacial score (nSPS) is 10.7. The fraction of sp³-hybridized carbons (Fsp3) is 0.308. The molecule has 0 N–H and O–H groups in total. The lowest BCUT2D eigenvalue weighted by Gasteiger charge is -2.09. The summed E-state index contributed by atoms with van der Waals surface area (Å²) < 4.78 is 7.19. The molecule has 5 nitrogen and oxygen atoms in total. The van der Waals surface area contributed by atoms with E-state index >= 15 is 0 Å². The summed E-state index contributed by atoms with van der Waals surface area (Å²) in [4.78, 5) is 20.2. The van der Waals surface area contributed by atoms with Crippen molar-refractivity contribution in [1.29, 1.82) is 0 Å². The Kier molecular flexibility index (Phi) is 3.41. The van der Waals surface area contributed by atoms with Crippen LogP contribution in [0.5, 0.6) is 5.75 Å². The van der Waals surface area contributed by atoms with Crippen LogP contribution in [0.4, 0.5) is 0 Å². The predicted molar refractivity (Wildman–Crippen MR) is 66.6 cm³/mol. The molecular formula is C13H15N3O2. The number of nitrogens with zero attached hydrogens (tertiary/aromatic N) is 3. The van der Waals surface area contributed by atoms with Gasteiger partial charge in [0.2, 0.25) is 5.78 Å². The zero-order valence-corrected chi connectivity index (χ0v) is 10.6. The van der Waals surface area contributed by atoms with E-state index in [1.165, 1.54) is 12.4 Å². The Labute approximate surface area is 105 Å². The molecule has 0 aliphatic carbocycles. The number of aromatic nitrogens is 3. The molecule has 0 aliphatic rings. The fourth-order valence-electron chi connectivity index (χ4n) is 1.60. The van der Waals surface area contributed by atoms with Gasteiger partial charge in [-0.05, 0) is 19.9 Å². The average Bonchev–Trinajstić information content (AvgIpc) is 2.74. The SMILES string of the molecule is CC(C)Oc1cncc(C(=O)c2cncn2C)c1. The number of ketones is 1. The van der Waals surface area contributed by atoms with Gasteiger partial charge in [-0.3, -0.25) is 9.78 Å². The summed E-state index contributed by atoms with van der Waals surface area (Å²) in [6.07, 6.45) is 6.31. The zero-order chi connectivity index (χ0) is 13.1. The third-order valence-corrected chi connectivity index (χ3v) is 2.40. The largest absolute Gasteiger partial charge is 0.489 e. The van der Waals surface area contributed by atoms with Crippen molar-refractivity contribution in [2.24, 2.45) is 7.05 Å². The molecule has 2 aromatic rings. The molecule has 0 saturated carbocycles. The minimum absolute atomic E-state index is 0.0499. The quantitative estimate of drug-likeness (QED) is 0.771. The predicted octanol–water partition coefficient (Wildman–Crippen LogP) is 1.83. The number of rotatable bonds is 4. The van der Waals surface area contributed by atoms with Gasteiger partial charge in [0.1, 0.15) is 11.4 Å². The molecule has 2 heterocycles. The van der Waals surface area contributed by atoms with Crippen molar-refractivity contribution < 1.29 is 9.53 Å². The molecule has 2 aromatic heterocycles. The summed E-state index contributed by atoms with van der Waals surface area (Å²) in [6, 6.07) is 1.70. The lowest BCUT2D eigenvalue weighted by molar-refractivity contribution is 0.103. The molecule has 2 rings (SSSR count). The first-order chi connectivity index (χ1) is 8.58. The zero-order valence-electron chi connectivity index (χ0n) is 10.6. The number of carbonyl (C=O) groups excluding carboxylic acids is 1. The lowest BCUT2D eigenvalue weighted by Crippen LogP contribution is -2.09. The smallest absolute Gasteiger partial charge is 0.212 e. The van der Waals surface area contributed by atoms with Crippen LogP contribution in [0, 0.1) is 0 Å². The molecule has 18 heavy (non-hydrogen) atoms. The van der Waals surface area contributed by atoms with Gasteiger partial charge in [-0.25, -0.2) is 4.98 Å². The number of hydrogen-bond donors (Lipinski definition) is 0. The molecular weight excluding hydrogens is 230 g/mol. The van der Waals surface area contributed by atoms with E-state index in [9.17, 15) is 4.79 Å². The molecule has 0 unspecified atom stereocenters. The van der Waals surface area contributed by atoms with Gasteiger partial charge >= 0.3 is 0 Å². The Morgan fingerprint density at radius 3 is 2.67 bits per heavy atom. The van der Waals surface area contributed by atoms with Gasteiger partial charge < -0.3 is 9.30 Å². The second-order valence-electron chi connectivity index (χ2n) is 4.29. The maximum Gasteiger partial charge on any atom is 0.212 e. The van der Waals surface area contributed by atoms with Crippen LogP contribution in [-0.4, -0.2) is 26.4 Å². The van der Waals surface area contributed by atoms with Crippen LogP contribution in [-0.2, 0) is 7.05 Å². The molecule has 0 amide bonds. The highest BCUT2D eigenvalue weighted by Crippen LogP contribution is 2.15. The average molecular weight is 245 g/mol. The summed E-state index contributed by atoms with van der Waals surface area (Å²) in [5.41, 5.74) is 1.02. The number of hydrogen-bond acceptors (Lipinski definition) is 4. The minimum atomic E-state index is -0.114.